The lowest BCUT2D eigenvalue weighted by Crippen LogP contribution is -2.50. The lowest BCUT2D eigenvalue weighted by atomic mass is 9.96. The minimum Gasteiger partial charge on any atom is -0.360 e. The molecule has 4 heterocycles. The first-order valence-corrected chi connectivity index (χ1v) is 13.4. The summed E-state index contributed by atoms with van der Waals surface area (Å²) in [4.78, 5) is 56.2. The van der Waals surface area contributed by atoms with Gasteiger partial charge in [0.1, 0.15) is 28.6 Å². The van der Waals surface area contributed by atoms with E-state index in [9.17, 15) is 19.2 Å². The molecule has 3 aromatic rings. The quantitative estimate of drug-likeness (QED) is 0.335. The van der Waals surface area contributed by atoms with Crippen molar-refractivity contribution in [3.05, 3.63) is 57.7 Å². The number of hydrogen-bond donors (Lipinski definition) is 3. The van der Waals surface area contributed by atoms with Gasteiger partial charge in [-0.1, -0.05) is 35.5 Å². The van der Waals surface area contributed by atoms with Gasteiger partial charge in [-0.15, -0.1) is 11.3 Å². The third kappa shape index (κ3) is 5.30. The SMILES string of the molecule is Cc1onc(-c2ccccc2)c1C(=O)N1CCC(c2nc(C(=O)NNC(=O)C3CCCNC3=O)cs2)CC1. The van der Waals surface area contributed by atoms with E-state index in [0.29, 0.717) is 62.3 Å². The molecule has 1 atom stereocenters. The molecule has 5 rings (SSSR count). The predicted molar refractivity (Wildman–Crippen MR) is 138 cm³/mol. The van der Waals surface area contributed by atoms with E-state index in [1.807, 2.05) is 30.3 Å². The van der Waals surface area contributed by atoms with E-state index < -0.39 is 17.7 Å². The summed E-state index contributed by atoms with van der Waals surface area (Å²) in [6.45, 7) is 3.39. The van der Waals surface area contributed by atoms with Gasteiger partial charge in [-0.2, -0.15) is 0 Å². The van der Waals surface area contributed by atoms with Crippen molar-refractivity contribution in [2.75, 3.05) is 19.6 Å². The van der Waals surface area contributed by atoms with Gasteiger partial charge in [0.15, 0.2) is 0 Å². The van der Waals surface area contributed by atoms with Gasteiger partial charge in [-0.25, -0.2) is 4.98 Å². The number of nitrogens with zero attached hydrogens (tertiary/aromatic N) is 3. The van der Waals surface area contributed by atoms with Crippen molar-refractivity contribution < 1.29 is 23.7 Å². The van der Waals surface area contributed by atoms with Crippen LogP contribution >= 0.6 is 11.3 Å². The number of carbonyl (C=O) groups excluding carboxylic acids is 4. The Labute approximate surface area is 222 Å². The van der Waals surface area contributed by atoms with E-state index in [0.717, 1.165) is 10.6 Å². The first-order valence-electron chi connectivity index (χ1n) is 12.6. The molecule has 11 nitrogen and oxygen atoms in total. The Morgan fingerprint density at radius 1 is 1.11 bits per heavy atom. The number of aryl methyl sites for hydroxylation is 1. The van der Waals surface area contributed by atoms with Gasteiger partial charge in [0, 0.05) is 36.5 Å². The van der Waals surface area contributed by atoms with Gasteiger partial charge in [-0.05, 0) is 32.6 Å². The maximum Gasteiger partial charge on any atom is 0.289 e. The average Bonchev–Trinajstić information content (AvgIpc) is 3.59. The fraction of sp³-hybridized carbons (Fsp3) is 0.385. The van der Waals surface area contributed by atoms with Crippen LogP contribution in [0.2, 0.25) is 0 Å². The summed E-state index contributed by atoms with van der Waals surface area (Å²) in [6.07, 6.45) is 2.57. The highest BCUT2D eigenvalue weighted by Crippen LogP contribution is 2.32. The Morgan fingerprint density at radius 3 is 2.61 bits per heavy atom. The number of nitrogens with one attached hydrogen (secondary N) is 3. The van der Waals surface area contributed by atoms with E-state index in [1.54, 1.807) is 17.2 Å². The summed E-state index contributed by atoms with van der Waals surface area (Å²) in [5.74, 6) is -1.73. The summed E-state index contributed by atoms with van der Waals surface area (Å²) < 4.78 is 5.36. The second-order valence-corrected chi connectivity index (χ2v) is 10.3. The summed E-state index contributed by atoms with van der Waals surface area (Å²) in [6, 6.07) is 9.49. The molecule has 2 aliphatic heterocycles. The third-order valence-electron chi connectivity index (χ3n) is 6.91. The Bertz CT molecular complexity index is 1350. The maximum atomic E-state index is 13.4. The van der Waals surface area contributed by atoms with E-state index in [1.165, 1.54) is 11.3 Å². The minimum atomic E-state index is -0.812. The molecule has 12 heteroatoms. The van der Waals surface area contributed by atoms with Crippen LogP contribution in [0, 0.1) is 12.8 Å². The van der Waals surface area contributed by atoms with Crippen molar-refractivity contribution in [1.82, 2.24) is 31.2 Å². The zero-order chi connectivity index (χ0) is 26.6. The van der Waals surface area contributed by atoms with Crippen LogP contribution in [0.3, 0.4) is 0 Å². The van der Waals surface area contributed by atoms with Gasteiger partial charge in [0.05, 0.1) is 5.01 Å². The molecule has 38 heavy (non-hydrogen) atoms. The number of aromatic nitrogens is 2. The van der Waals surface area contributed by atoms with Crippen LogP contribution < -0.4 is 16.2 Å². The molecule has 3 N–H and O–H groups in total. The number of piperidine rings is 2. The van der Waals surface area contributed by atoms with Gasteiger partial charge in [-0.3, -0.25) is 30.0 Å². The second kappa shape index (κ2) is 11.1. The van der Waals surface area contributed by atoms with Crippen molar-refractivity contribution in [2.24, 2.45) is 5.92 Å². The van der Waals surface area contributed by atoms with Crippen LogP contribution in [-0.4, -0.2) is 58.3 Å². The normalized spacial score (nSPS) is 18.1. The Hall–Kier alpha value is -4.06. The van der Waals surface area contributed by atoms with Crippen LogP contribution in [0.25, 0.3) is 11.3 Å². The number of likely N-dealkylation sites (tertiary alicyclic amines) is 1. The topological polar surface area (TPSA) is 147 Å². The molecular weight excluding hydrogens is 508 g/mol. The fourth-order valence-electron chi connectivity index (χ4n) is 4.78. The Morgan fingerprint density at radius 2 is 1.87 bits per heavy atom. The van der Waals surface area contributed by atoms with Gasteiger partial charge in [0.25, 0.3) is 17.7 Å². The Balaban J connectivity index is 1.16. The molecule has 1 unspecified atom stereocenters. The van der Waals surface area contributed by atoms with E-state index in [4.69, 9.17) is 4.52 Å². The van der Waals surface area contributed by atoms with Crippen molar-refractivity contribution in [3.8, 4) is 11.3 Å². The summed E-state index contributed by atoms with van der Waals surface area (Å²) in [5.41, 5.74) is 6.74. The van der Waals surface area contributed by atoms with Gasteiger partial charge < -0.3 is 14.7 Å². The first kappa shape index (κ1) is 25.6. The molecule has 2 saturated heterocycles. The molecule has 0 spiro atoms. The van der Waals surface area contributed by atoms with Crippen molar-refractivity contribution in [3.63, 3.8) is 0 Å². The van der Waals surface area contributed by atoms with E-state index in [2.05, 4.69) is 26.3 Å². The maximum absolute atomic E-state index is 13.4. The van der Waals surface area contributed by atoms with Crippen molar-refractivity contribution in [1.29, 1.82) is 0 Å². The number of amides is 4. The summed E-state index contributed by atoms with van der Waals surface area (Å²) in [7, 11) is 0. The molecule has 0 aliphatic carbocycles. The fourth-order valence-corrected chi connectivity index (χ4v) is 5.75. The van der Waals surface area contributed by atoms with Crippen LogP contribution in [0.5, 0.6) is 0 Å². The van der Waals surface area contributed by atoms with Crippen molar-refractivity contribution in [2.45, 2.75) is 38.5 Å². The highest BCUT2D eigenvalue weighted by atomic mass is 32.1. The van der Waals surface area contributed by atoms with Crippen LogP contribution in [0.4, 0.5) is 0 Å². The molecule has 2 fully saturated rings. The summed E-state index contributed by atoms with van der Waals surface area (Å²) >= 11 is 1.38. The van der Waals surface area contributed by atoms with E-state index in [-0.39, 0.29) is 23.4 Å². The van der Waals surface area contributed by atoms with Crippen LogP contribution in [-0.2, 0) is 9.59 Å². The largest absolute Gasteiger partial charge is 0.360 e. The molecule has 4 amide bonds. The lowest BCUT2D eigenvalue weighted by molar-refractivity contribution is -0.137. The standard InChI is InChI=1S/C26H28N6O5S/c1-15-20(21(31-37-15)16-6-3-2-4-7-16)26(36)32-12-9-17(10-13-32)25-28-19(14-38-25)24(35)30-29-23(34)18-8-5-11-27-22(18)33/h2-4,6-7,14,17-18H,5,8-13H2,1H3,(H,27,33)(H,29,34)(H,30,35). The minimum absolute atomic E-state index is 0.109. The lowest BCUT2D eigenvalue weighted by Gasteiger charge is -2.31. The molecular formula is C26H28N6O5S. The number of hydrazine groups is 1. The second-order valence-electron chi connectivity index (χ2n) is 9.40. The van der Waals surface area contributed by atoms with Gasteiger partial charge >= 0.3 is 0 Å². The molecule has 2 aliphatic rings. The molecule has 0 saturated carbocycles. The molecule has 0 radical (unpaired) electrons. The molecule has 0 bridgehead atoms. The number of thiazole rings is 1. The zero-order valence-electron chi connectivity index (χ0n) is 20.9. The Kier molecular flexibility index (Phi) is 7.50. The third-order valence-corrected chi connectivity index (χ3v) is 7.92. The average molecular weight is 537 g/mol. The van der Waals surface area contributed by atoms with E-state index >= 15 is 0 Å². The number of hydrogen-bond acceptors (Lipinski definition) is 8. The highest BCUT2D eigenvalue weighted by Gasteiger charge is 2.32. The molecule has 2 aromatic heterocycles. The van der Waals surface area contributed by atoms with Crippen LogP contribution in [0.1, 0.15) is 63.2 Å². The zero-order valence-corrected chi connectivity index (χ0v) is 21.7. The van der Waals surface area contributed by atoms with Crippen molar-refractivity contribution >= 4 is 35.0 Å². The summed E-state index contributed by atoms with van der Waals surface area (Å²) in [5, 5.41) is 9.23. The monoisotopic (exact) mass is 536 g/mol. The predicted octanol–water partition coefficient (Wildman–Crippen LogP) is 2.41. The van der Waals surface area contributed by atoms with Crippen LogP contribution in [0.15, 0.2) is 40.2 Å². The molecule has 198 valence electrons. The first-order chi connectivity index (χ1) is 18.4. The number of carbonyl (C=O) groups is 4. The molecule has 1 aromatic carbocycles. The smallest absolute Gasteiger partial charge is 0.289 e. The number of rotatable bonds is 5. The highest BCUT2D eigenvalue weighted by molar-refractivity contribution is 7.09. The van der Waals surface area contributed by atoms with Gasteiger partial charge in [0.2, 0.25) is 5.91 Å². The number of benzene rings is 1.